The van der Waals surface area contributed by atoms with Gasteiger partial charge in [0.1, 0.15) is 11.6 Å². The van der Waals surface area contributed by atoms with Crippen LogP contribution in [0.2, 0.25) is 0 Å². The number of hydrogen-bond acceptors (Lipinski definition) is 4. The molecule has 1 unspecified atom stereocenters. The summed E-state index contributed by atoms with van der Waals surface area (Å²) >= 11 is 0. The third-order valence-corrected chi connectivity index (χ3v) is 4.73. The molecule has 1 aliphatic rings. The first kappa shape index (κ1) is 20.1. The molecule has 1 saturated heterocycles. The van der Waals surface area contributed by atoms with Crippen LogP contribution in [-0.4, -0.2) is 55.7 Å². The predicted octanol–water partition coefficient (Wildman–Crippen LogP) is 2.65. The van der Waals surface area contributed by atoms with Crippen LogP contribution in [0, 0.1) is 5.82 Å². The van der Waals surface area contributed by atoms with Gasteiger partial charge in [-0.3, -0.25) is 4.99 Å². The van der Waals surface area contributed by atoms with Gasteiger partial charge in [0, 0.05) is 46.5 Å². The van der Waals surface area contributed by atoms with Gasteiger partial charge < -0.3 is 19.9 Å². The van der Waals surface area contributed by atoms with Crippen LogP contribution < -0.4 is 10.2 Å². The molecule has 0 saturated carbocycles. The number of nitrogens with zero attached hydrogens (tertiary/aromatic N) is 4. The molecule has 150 valence electrons. The second-order valence-electron chi connectivity index (χ2n) is 7.04. The second kappa shape index (κ2) is 9.50. The highest BCUT2D eigenvalue weighted by Gasteiger charge is 2.17. The van der Waals surface area contributed by atoms with Crippen LogP contribution in [0.3, 0.4) is 0 Å². The number of halogens is 1. The van der Waals surface area contributed by atoms with Crippen molar-refractivity contribution in [1.29, 1.82) is 0 Å². The first-order valence-electron chi connectivity index (χ1n) is 9.53. The van der Waals surface area contributed by atoms with Crippen molar-refractivity contribution in [1.82, 2.24) is 15.2 Å². The molecule has 1 aromatic carbocycles. The van der Waals surface area contributed by atoms with E-state index in [1.807, 2.05) is 18.1 Å². The van der Waals surface area contributed by atoms with E-state index in [0.29, 0.717) is 13.1 Å². The molecular weight excluding hydrogens is 357 g/mol. The summed E-state index contributed by atoms with van der Waals surface area (Å²) in [5.74, 6) is 1.53. The Morgan fingerprint density at radius 1 is 1.29 bits per heavy atom. The molecule has 0 aliphatic carbocycles. The Morgan fingerprint density at radius 3 is 2.68 bits per heavy atom. The highest BCUT2D eigenvalue weighted by Crippen LogP contribution is 2.15. The Balaban J connectivity index is 1.53. The number of aromatic nitrogens is 1. The minimum atomic E-state index is -0.226. The number of anilines is 1. The number of morpholine rings is 1. The molecule has 3 rings (SSSR count). The second-order valence-corrected chi connectivity index (χ2v) is 7.04. The minimum Gasteiger partial charge on any atom is -0.375 e. The summed E-state index contributed by atoms with van der Waals surface area (Å²) in [6.45, 7) is 5.84. The van der Waals surface area contributed by atoms with E-state index in [9.17, 15) is 4.39 Å². The largest absolute Gasteiger partial charge is 0.375 e. The van der Waals surface area contributed by atoms with Gasteiger partial charge in [-0.05, 0) is 36.2 Å². The van der Waals surface area contributed by atoms with Gasteiger partial charge in [0.05, 0.1) is 12.7 Å². The summed E-state index contributed by atoms with van der Waals surface area (Å²) in [4.78, 5) is 13.2. The zero-order valence-electron chi connectivity index (χ0n) is 16.7. The fourth-order valence-corrected chi connectivity index (χ4v) is 3.24. The quantitative estimate of drug-likeness (QED) is 0.634. The first-order valence-corrected chi connectivity index (χ1v) is 9.53. The van der Waals surface area contributed by atoms with Gasteiger partial charge in [-0.15, -0.1) is 0 Å². The van der Waals surface area contributed by atoms with Crippen molar-refractivity contribution >= 4 is 11.8 Å². The van der Waals surface area contributed by atoms with Gasteiger partial charge in [-0.1, -0.05) is 18.2 Å². The molecule has 1 N–H and O–H groups in total. The number of ether oxygens (including phenoxy) is 1. The lowest BCUT2D eigenvalue weighted by molar-refractivity contribution is 0.0529. The van der Waals surface area contributed by atoms with Crippen molar-refractivity contribution in [2.45, 2.75) is 26.1 Å². The average Bonchev–Trinajstić information content (AvgIpc) is 2.71. The smallest absolute Gasteiger partial charge is 0.193 e. The van der Waals surface area contributed by atoms with Gasteiger partial charge in [0.15, 0.2) is 5.96 Å². The van der Waals surface area contributed by atoms with Crippen molar-refractivity contribution in [3.8, 4) is 0 Å². The number of rotatable bonds is 5. The monoisotopic (exact) mass is 385 g/mol. The molecule has 28 heavy (non-hydrogen) atoms. The van der Waals surface area contributed by atoms with E-state index >= 15 is 0 Å². The van der Waals surface area contributed by atoms with Crippen molar-refractivity contribution in [2.75, 3.05) is 38.7 Å². The van der Waals surface area contributed by atoms with E-state index < -0.39 is 0 Å². The van der Waals surface area contributed by atoms with Gasteiger partial charge in [-0.2, -0.15) is 0 Å². The summed E-state index contributed by atoms with van der Waals surface area (Å²) in [5, 5.41) is 3.35. The molecule has 2 heterocycles. The SMILES string of the molecule is CN=C(NCc1ccc(N2CCOC(C)C2)nc1)N(C)Cc1ccc(F)cc1. The number of guanidine groups is 1. The van der Waals surface area contributed by atoms with Crippen LogP contribution in [0.1, 0.15) is 18.1 Å². The number of nitrogens with one attached hydrogen (secondary N) is 1. The fourth-order valence-electron chi connectivity index (χ4n) is 3.24. The van der Waals surface area contributed by atoms with Crippen LogP contribution in [0.25, 0.3) is 0 Å². The van der Waals surface area contributed by atoms with E-state index in [0.717, 1.165) is 42.6 Å². The maximum atomic E-state index is 13.1. The van der Waals surface area contributed by atoms with Gasteiger partial charge in [0.2, 0.25) is 0 Å². The Hall–Kier alpha value is -2.67. The third-order valence-electron chi connectivity index (χ3n) is 4.73. The maximum Gasteiger partial charge on any atom is 0.193 e. The van der Waals surface area contributed by atoms with E-state index in [1.165, 1.54) is 12.1 Å². The molecule has 1 aliphatic heterocycles. The van der Waals surface area contributed by atoms with Crippen LogP contribution >= 0.6 is 0 Å². The summed E-state index contributed by atoms with van der Waals surface area (Å²) in [6, 6.07) is 10.7. The highest BCUT2D eigenvalue weighted by molar-refractivity contribution is 5.79. The van der Waals surface area contributed by atoms with Crippen LogP contribution in [0.5, 0.6) is 0 Å². The number of benzene rings is 1. The molecule has 7 heteroatoms. The summed E-state index contributed by atoms with van der Waals surface area (Å²) in [5.41, 5.74) is 2.11. The normalized spacial score (nSPS) is 17.5. The molecular formula is C21H28FN5O. The molecule has 0 radical (unpaired) electrons. The maximum absolute atomic E-state index is 13.1. The Morgan fingerprint density at radius 2 is 2.04 bits per heavy atom. The Kier molecular flexibility index (Phi) is 6.81. The molecule has 0 bridgehead atoms. The van der Waals surface area contributed by atoms with Crippen molar-refractivity contribution in [2.24, 2.45) is 4.99 Å². The van der Waals surface area contributed by atoms with Gasteiger partial charge in [0.25, 0.3) is 0 Å². The standard InChI is InChI=1S/C21H28FN5O/c1-16-14-27(10-11-28-16)20-9-6-18(12-24-20)13-25-21(23-2)26(3)15-17-4-7-19(22)8-5-17/h4-9,12,16H,10-11,13-15H2,1-3H3,(H,23,25). The summed E-state index contributed by atoms with van der Waals surface area (Å²) < 4.78 is 18.6. The molecule has 0 amide bonds. The van der Waals surface area contributed by atoms with Crippen LogP contribution in [0.15, 0.2) is 47.6 Å². The lowest BCUT2D eigenvalue weighted by Crippen LogP contribution is -2.41. The number of hydrogen-bond donors (Lipinski definition) is 1. The molecule has 1 atom stereocenters. The van der Waals surface area contributed by atoms with Crippen LogP contribution in [-0.2, 0) is 17.8 Å². The van der Waals surface area contributed by atoms with E-state index in [2.05, 4.69) is 39.2 Å². The van der Waals surface area contributed by atoms with E-state index in [-0.39, 0.29) is 11.9 Å². The number of pyridine rings is 1. The molecule has 0 spiro atoms. The van der Waals surface area contributed by atoms with Gasteiger partial charge in [-0.25, -0.2) is 9.37 Å². The predicted molar refractivity (Wildman–Crippen MR) is 110 cm³/mol. The van der Waals surface area contributed by atoms with Crippen LogP contribution in [0.4, 0.5) is 10.2 Å². The lowest BCUT2D eigenvalue weighted by atomic mass is 10.2. The van der Waals surface area contributed by atoms with Crippen molar-refractivity contribution in [3.63, 3.8) is 0 Å². The Labute approximate surface area is 166 Å². The van der Waals surface area contributed by atoms with Gasteiger partial charge >= 0.3 is 0 Å². The lowest BCUT2D eigenvalue weighted by Gasteiger charge is -2.32. The van der Waals surface area contributed by atoms with Crippen molar-refractivity contribution < 1.29 is 9.13 Å². The summed E-state index contributed by atoms with van der Waals surface area (Å²) in [7, 11) is 3.71. The van der Waals surface area contributed by atoms with Crippen molar-refractivity contribution in [3.05, 3.63) is 59.5 Å². The number of aliphatic imine (C=N–C) groups is 1. The topological polar surface area (TPSA) is 53.0 Å². The fraction of sp³-hybridized carbons (Fsp3) is 0.429. The zero-order valence-corrected chi connectivity index (χ0v) is 16.7. The molecule has 6 nitrogen and oxygen atoms in total. The van der Waals surface area contributed by atoms with E-state index in [4.69, 9.17) is 4.74 Å². The molecule has 2 aromatic rings. The third kappa shape index (κ3) is 5.42. The zero-order chi connectivity index (χ0) is 19.9. The molecule has 1 aromatic heterocycles. The van der Waals surface area contributed by atoms with E-state index in [1.54, 1.807) is 19.2 Å². The highest BCUT2D eigenvalue weighted by atomic mass is 19.1. The first-order chi connectivity index (χ1) is 13.5. The average molecular weight is 385 g/mol. The molecule has 1 fully saturated rings. The Bertz CT molecular complexity index is 778. The minimum absolute atomic E-state index is 0.226. The summed E-state index contributed by atoms with van der Waals surface area (Å²) in [6.07, 6.45) is 2.13.